The van der Waals surface area contributed by atoms with Gasteiger partial charge in [0.05, 0.1) is 5.35 Å². The van der Waals surface area contributed by atoms with Gasteiger partial charge in [-0.25, -0.2) is 9.97 Å². The van der Waals surface area contributed by atoms with Crippen LogP contribution >= 0.6 is 11.6 Å². The number of aromatic nitrogens is 2. The number of aliphatic imine (C=N–C) groups is 1. The van der Waals surface area contributed by atoms with Crippen LogP contribution in [-0.2, 0) is 0 Å². The highest BCUT2D eigenvalue weighted by molar-refractivity contribution is 6.33. The molecule has 1 heterocycles. The molecule has 0 radical (unpaired) electrons. The number of halogens is 1. The molecule has 0 spiro atoms. The van der Waals surface area contributed by atoms with Crippen LogP contribution in [0, 0.1) is 0 Å². The van der Waals surface area contributed by atoms with E-state index in [1.807, 2.05) is 32.1 Å². The van der Waals surface area contributed by atoms with Gasteiger partial charge in [0.25, 0.3) is 0 Å². The van der Waals surface area contributed by atoms with E-state index >= 15 is 0 Å². The minimum Gasteiger partial charge on any atom is -0.365 e. The normalized spacial score (nSPS) is 13.7. The summed E-state index contributed by atoms with van der Waals surface area (Å²) in [6, 6.07) is 0. The molecular weight excluding hydrogens is 296 g/mol. The van der Waals surface area contributed by atoms with E-state index in [1.54, 1.807) is 13.1 Å². The first-order chi connectivity index (χ1) is 10.5. The Labute approximate surface area is 136 Å². The molecule has 0 saturated carbocycles. The van der Waals surface area contributed by atoms with Crippen molar-refractivity contribution in [3.8, 4) is 0 Å². The van der Waals surface area contributed by atoms with Gasteiger partial charge >= 0.3 is 0 Å². The number of hydrogen-bond acceptors (Lipinski definition) is 4. The number of nitrogens with one attached hydrogen (secondary N) is 1. The van der Waals surface area contributed by atoms with Gasteiger partial charge in [-0.3, -0.25) is 4.99 Å². The second-order valence-corrected chi connectivity index (χ2v) is 5.10. The van der Waals surface area contributed by atoms with E-state index in [9.17, 15) is 0 Å². The van der Waals surface area contributed by atoms with Crippen molar-refractivity contribution >= 4 is 35.3 Å². The summed E-state index contributed by atoms with van der Waals surface area (Å²) in [5.74, 6) is 0.695. The van der Waals surface area contributed by atoms with Crippen molar-refractivity contribution < 1.29 is 0 Å². The lowest BCUT2D eigenvalue weighted by Gasteiger charge is -2.06. The molecule has 5 heteroatoms. The average molecular weight is 317 g/mol. The van der Waals surface area contributed by atoms with E-state index in [0.717, 1.165) is 21.9 Å². The Morgan fingerprint density at radius 2 is 2.09 bits per heavy atom. The van der Waals surface area contributed by atoms with E-state index in [1.165, 1.54) is 6.33 Å². The van der Waals surface area contributed by atoms with Gasteiger partial charge in [-0.05, 0) is 31.6 Å². The molecule has 0 bridgehead atoms. The minimum absolute atomic E-state index is 0.425. The van der Waals surface area contributed by atoms with E-state index in [4.69, 9.17) is 11.6 Å². The molecule has 4 nitrogen and oxygen atoms in total. The van der Waals surface area contributed by atoms with Gasteiger partial charge in [0.1, 0.15) is 12.1 Å². The molecule has 0 aliphatic rings. The zero-order chi connectivity index (χ0) is 16.5. The zero-order valence-corrected chi connectivity index (χ0v) is 14.0. The van der Waals surface area contributed by atoms with Crippen molar-refractivity contribution in [2.45, 2.75) is 13.8 Å². The molecular formula is C17H21ClN4. The van der Waals surface area contributed by atoms with Crippen molar-refractivity contribution in [3.05, 3.63) is 52.8 Å². The van der Waals surface area contributed by atoms with Crippen LogP contribution in [0.2, 0.25) is 0 Å². The van der Waals surface area contributed by atoms with Gasteiger partial charge in [0.2, 0.25) is 0 Å². The highest BCUT2D eigenvalue weighted by Gasteiger charge is 2.00. The van der Waals surface area contributed by atoms with Gasteiger partial charge < -0.3 is 5.32 Å². The summed E-state index contributed by atoms with van der Waals surface area (Å²) in [6.07, 6.45) is 8.99. The van der Waals surface area contributed by atoms with Crippen molar-refractivity contribution in [3.63, 3.8) is 0 Å². The van der Waals surface area contributed by atoms with Gasteiger partial charge in [-0.1, -0.05) is 36.9 Å². The molecule has 0 aliphatic heterocycles. The Morgan fingerprint density at radius 3 is 2.68 bits per heavy atom. The van der Waals surface area contributed by atoms with Gasteiger partial charge in [0.15, 0.2) is 0 Å². The smallest absolute Gasteiger partial charge is 0.137 e. The number of anilines is 1. The molecule has 1 aromatic heterocycles. The Bertz CT molecular complexity index is 730. The van der Waals surface area contributed by atoms with Gasteiger partial charge in [-0.15, -0.1) is 0 Å². The Kier molecular flexibility index (Phi) is 7.26. The highest BCUT2D eigenvalue weighted by Crippen LogP contribution is 2.00. The molecule has 1 N–H and O–H groups in total. The first-order valence-electron chi connectivity index (χ1n) is 6.84. The van der Waals surface area contributed by atoms with Crippen LogP contribution in [0.5, 0.6) is 0 Å². The first kappa shape index (κ1) is 17.9. The fraction of sp³-hybridized carbons (Fsp3) is 0.235. The summed E-state index contributed by atoms with van der Waals surface area (Å²) in [6.45, 7) is 12.1. The maximum Gasteiger partial charge on any atom is 0.137 e. The molecule has 22 heavy (non-hydrogen) atoms. The summed E-state index contributed by atoms with van der Waals surface area (Å²) in [7, 11) is 1.76. The van der Waals surface area contributed by atoms with Crippen LogP contribution in [0.4, 0.5) is 5.82 Å². The van der Waals surface area contributed by atoms with E-state index in [2.05, 4.69) is 33.4 Å². The SMILES string of the molecule is C=C(Cl)/C=c1/c(NCC(=C)/C=C\C(C)=NC)ncn/c1=C/C. The fourth-order valence-electron chi connectivity index (χ4n) is 1.65. The van der Waals surface area contributed by atoms with E-state index < -0.39 is 0 Å². The molecule has 1 aromatic rings. The summed E-state index contributed by atoms with van der Waals surface area (Å²) >= 11 is 5.89. The Morgan fingerprint density at radius 1 is 1.36 bits per heavy atom. The maximum absolute atomic E-state index is 5.89. The van der Waals surface area contributed by atoms with Crippen molar-refractivity contribution in [1.82, 2.24) is 9.97 Å². The number of allylic oxidation sites excluding steroid dienone is 2. The highest BCUT2D eigenvalue weighted by atomic mass is 35.5. The van der Waals surface area contributed by atoms with E-state index in [-0.39, 0.29) is 0 Å². The molecule has 0 fully saturated rings. The topological polar surface area (TPSA) is 50.2 Å². The first-order valence-corrected chi connectivity index (χ1v) is 7.22. The largest absolute Gasteiger partial charge is 0.365 e. The monoisotopic (exact) mass is 316 g/mol. The lowest BCUT2D eigenvalue weighted by Crippen LogP contribution is -2.32. The predicted octanol–water partition coefficient (Wildman–Crippen LogP) is 2.43. The third kappa shape index (κ3) is 5.66. The standard InChI is InChI=1S/C17H21ClN4/c1-6-16-15(9-13(3)18)17(22-11-21-16)20-10-12(2)7-8-14(4)19-5/h6-9,11H,2-3,10H2,1,4-5H3,(H,20,21,22)/b8-7-,15-9+,16-6+,19-14?. The van der Waals surface area contributed by atoms with Crippen LogP contribution < -0.4 is 15.9 Å². The van der Waals surface area contributed by atoms with Crippen molar-refractivity contribution in [2.24, 2.45) is 4.99 Å². The summed E-state index contributed by atoms with van der Waals surface area (Å²) in [5, 5.41) is 5.28. The molecule has 116 valence electrons. The minimum atomic E-state index is 0.425. The molecule has 0 atom stereocenters. The van der Waals surface area contributed by atoms with Crippen molar-refractivity contribution in [1.29, 1.82) is 0 Å². The second kappa shape index (κ2) is 8.95. The maximum atomic E-state index is 5.89. The third-order valence-electron chi connectivity index (χ3n) is 2.88. The van der Waals surface area contributed by atoms with Crippen LogP contribution in [0.25, 0.3) is 12.2 Å². The summed E-state index contributed by atoms with van der Waals surface area (Å²) < 4.78 is 0. The molecule has 0 aromatic carbocycles. The van der Waals surface area contributed by atoms with Gasteiger partial charge in [0, 0.05) is 29.6 Å². The van der Waals surface area contributed by atoms with Crippen LogP contribution in [0.1, 0.15) is 13.8 Å². The third-order valence-corrected chi connectivity index (χ3v) is 2.99. The van der Waals surface area contributed by atoms with Crippen molar-refractivity contribution in [2.75, 3.05) is 18.9 Å². The molecule has 0 amide bonds. The summed E-state index contributed by atoms with van der Waals surface area (Å²) in [4.78, 5) is 12.5. The predicted molar refractivity (Wildman–Crippen MR) is 96.7 cm³/mol. The number of nitrogens with zero attached hydrogens (tertiary/aromatic N) is 3. The Hall–Kier alpha value is -2.20. The van der Waals surface area contributed by atoms with Crippen LogP contribution in [-0.4, -0.2) is 29.3 Å². The van der Waals surface area contributed by atoms with Gasteiger partial charge in [-0.2, -0.15) is 0 Å². The quantitative estimate of drug-likeness (QED) is 0.648. The lowest BCUT2D eigenvalue weighted by atomic mass is 10.2. The van der Waals surface area contributed by atoms with Crippen LogP contribution in [0.3, 0.4) is 0 Å². The molecule has 0 unspecified atom stereocenters. The average Bonchev–Trinajstić information content (AvgIpc) is 2.50. The van der Waals surface area contributed by atoms with E-state index in [0.29, 0.717) is 17.4 Å². The molecule has 0 aliphatic carbocycles. The number of hydrogen-bond donors (Lipinski definition) is 1. The Balaban J connectivity index is 2.98. The second-order valence-electron chi connectivity index (χ2n) is 4.61. The zero-order valence-electron chi connectivity index (χ0n) is 13.2. The molecule has 1 rings (SSSR count). The molecule has 0 saturated heterocycles. The summed E-state index contributed by atoms with van der Waals surface area (Å²) in [5.41, 5.74) is 1.86. The number of rotatable bonds is 6. The lowest BCUT2D eigenvalue weighted by molar-refractivity contribution is 1.07. The van der Waals surface area contributed by atoms with Crippen LogP contribution in [0.15, 0.2) is 47.2 Å². The fourth-order valence-corrected chi connectivity index (χ4v) is 1.76.